The first-order valence-corrected chi connectivity index (χ1v) is 6.95. The highest BCUT2D eigenvalue weighted by molar-refractivity contribution is 5.80. The summed E-state index contributed by atoms with van der Waals surface area (Å²) in [6, 6.07) is 11.8. The second-order valence-corrected chi connectivity index (χ2v) is 5.27. The number of fused-ring (bicyclic) bond motifs is 1. The van der Waals surface area contributed by atoms with Crippen LogP contribution in [0.3, 0.4) is 0 Å². The van der Waals surface area contributed by atoms with Crippen LogP contribution in [0.5, 0.6) is 5.88 Å². The summed E-state index contributed by atoms with van der Waals surface area (Å²) in [7, 11) is 0. The summed E-state index contributed by atoms with van der Waals surface area (Å²) in [6.45, 7) is 4.01. The van der Waals surface area contributed by atoms with Crippen molar-refractivity contribution in [1.82, 2.24) is 10.3 Å². The molecule has 1 fully saturated rings. The van der Waals surface area contributed by atoms with Crippen LogP contribution in [0, 0.1) is 17.2 Å². The number of nitrogens with zero attached hydrogens (tertiary/aromatic N) is 2. The molecule has 4 heteroatoms. The SMILES string of the molecule is CC1CCNCC1Oc1nc2ccccc2cc1C#N. The summed E-state index contributed by atoms with van der Waals surface area (Å²) in [5, 5.41) is 13.6. The molecule has 1 aromatic carbocycles. The van der Waals surface area contributed by atoms with E-state index in [1.807, 2.05) is 30.3 Å². The molecule has 4 nitrogen and oxygen atoms in total. The Labute approximate surface area is 118 Å². The van der Waals surface area contributed by atoms with Crippen molar-refractivity contribution in [1.29, 1.82) is 5.26 Å². The Morgan fingerprint density at radius 3 is 3.05 bits per heavy atom. The molecule has 0 radical (unpaired) electrons. The number of nitriles is 1. The van der Waals surface area contributed by atoms with Gasteiger partial charge in [-0.1, -0.05) is 25.1 Å². The monoisotopic (exact) mass is 267 g/mol. The average Bonchev–Trinajstić information content (AvgIpc) is 2.49. The summed E-state index contributed by atoms with van der Waals surface area (Å²) < 4.78 is 6.00. The molecule has 3 rings (SSSR count). The van der Waals surface area contributed by atoms with Crippen molar-refractivity contribution < 1.29 is 4.74 Å². The molecule has 0 saturated carbocycles. The minimum atomic E-state index is 0.0736. The highest BCUT2D eigenvalue weighted by atomic mass is 16.5. The van der Waals surface area contributed by atoms with Gasteiger partial charge in [-0.05, 0) is 31.0 Å². The summed E-state index contributed by atoms with van der Waals surface area (Å²) in [5.74, 6) is 0.919. The Hall–Kier alpha value is -2.12. The van der Waals surface area contributed by atoms with Crippen molar-refractivity contribution in [3.05, 3.63) is 35.9 Å². The standard InChI is InChI=1S/C16H17N3O/c1-11-6-7-18-10-15(11)20-16-13(9-17)8-12-4-2-3-5-14(12)19-16/h2-5,8,11,15,18H,6-7,10H2,1H3. The number of hydrogen-bond donors (Lipinski definition) is 1. The number of benzene rings is 1. The van der Waals surface area contributed by atoms with E-state index in [1.54, 1.807) is 0 Å². The molecule has 1 aliphatic rings. The molecule has 2 unspecified atom stereocenters. The normalized spacial score (nSPS) is 22.4. The topological polar surface area (TPSA) is 57.9 Å². The lowest BCUT2D eigenvalue weighted by Gasteiger charge is -2.29. The lowest BCUT2D eigenvalue weighted by atomic mass is 9.97. The first-order valence-electron chi connectivity index (χ1n) is 6.95. The molecule has 1 saturated heterocycles. The Bertz CT molecular complexity index is 662. The zero-order valence-corrected chi connectivity index (χ0v) is 11.5. The summed E-state index contributed by atoms with van der Waals surface area (Å²) in [6.07, 6.45) is 1.16. The fraction of sp³-hybridized carbons (Fsp3) is 0.375. The summed E-state index contributed by atoms with van der Waals surface area (Å²) in [4.78, 5) is 4.50. The van der Waals surface area contributed by atoms with E-state index < -0.39 is 0 Å². The van der Waals surface area contributed by atoms with Crippen LogP contribution in [0.1, 0.15) is 18.9 Å². The molecule has 0 aliphatic carbocycles. The van der Waals surface area contributed by atoms with Gasteiger partial charge in [-0.2, -0.15) is 5.26 Å². The van der Waals surface area contributed by atoms with Gasteiger partial charge in [-0.15, -0.1) is 0 Å². The van der Waals surface area contributed by atoms with Gasteiger partial charge in [0.2, 0.25) is 5.88 Å². The largest absolute Gasteiger partial charge is 0.472 e. The molecule has 0 amide bonds. The molecule has 1 N–H and O–H groups in total. The third kappa shape index (κ3) is 2.45. The molecule has 2 aromatic rings. The van der Waals surface area contributed by atoms with E-state index in [9.17, 15) is 5.26 Å². The quantitative estimate of drug-likeness (QED) is 0.908. The third-order valence-electron chi connectivity index (χ3n) is 3.83. The predicted octanol–water partition coefficient (Wildman–Crippen LogP) is 2.48. The Balaban J connectivity index is 1.95. The van der Waals surface area contributed by atoms with Gasteiger partial charge in [-0.25, -0.2) is 4.98 Å². The van der Waals surface area contributed by atoms with Gasteiger partial charge in [0.25, 0.3) is 0 Å². The van der Waals surface area contributed by atoms with Crippen molar-refractivity contribution in [2.24, 2.45) is 5.92 Å². The zero-order chi connectivity index (χ0) is 13.9. The molecule has 2 heterocycles. The van der Waals surface area contributed by atoms with Gasteiger partial charge >= 0.3 is 0 Å². The maximum Gasteiger partial charge on any atom is 0.232 e. The molecular formula is C16H17N3O. The predicted molar refractivity (Wildman–Crippen MR) is 77.5 cm³/mol. The number of ether oxygens (including phenoxy) is 1. The molecule has 2 atom stereocenters. The molecule has 0 bridgehead atoms. The fourth-order valence-corrected chi connectivity index (χ4v) is 2.53. The van der Waals surface area contributed by atoms with Crippen LogP contribution in [-0.4, -0.2) is 24.2 Å². The third-order valence-corrected chi connectivity index (χ3v) is 3.83. The minimum absolute atomic E-state index is 0.0736. The minimum Gasteiger partial charge on any atom is -0.472 e. The number of piperidine rings is 1. The molecule has 0 spiro atoms. The van der Waals surface area contributed by atoms with E-state index >= 15 is 0 Å². The van der Waals surface area contributed by atoms with Crippen LogP contribution >= 0.6 is 0 Å². The van der Waals surface area contributed by atoms with Gasteiger partial charge in [0.15, 0.2) is 0 Å². The molecular weight excluding hydrogens is 250 g/mol. The maximum absolute atomic E-state index is 9.29. The van der Waals surface area contributed by atoms with E-state index in [-0.39, 0.29) is 6.10 Å². The van der Waals surface area contributed by atoms with E-state index in [4.69, 9.17) is 4.74 Å². The van der Waals surface area contributed by atoms with Crippen LogP contribution in [0.4, 0.5) is 0 Å². The highest BCUT2D eigenvalue weighted by Gasteiger charge is 2.24. The average molecular weight is 267 g/mol. The van der Waals surface area contributed by atoms with Gasteiger partial charge in [-0.3, -0.25) is 0 Å². The van der Waals surface area contributed by atoms with Crippen molar-refractivity contribution in [2.75, 3.05) is 13.1 Å². The number of pyridine rings is 1. The Morgan fingerprint density at radius 1 is 1.40 bits per heavy atom. The zero-order valence-electron chi connectivity index (χ0n) is 11.5. The van der Waals surface area contributed by atoms with Gasteiger partial charge in [0.05, 0.1) is 5.52 Å². The number of hydrogen-bond acceptors (Lipinski definition) is 4. The lowest BCUT2D eigenvalue weighted by Crippen LogP contribution is -2.43. The van der Waals surface area contributed by atoms with Crippen LogP contribution in [-0.2, 0) is 0 Å². The number of nitrogens with one attached hydrogen (secondary N) is 1. The maximum atomic E-state index is 9.29. The number of para-hydroxylation sites is 1. The summed E-state index contributed by atoms with van der Waals surface area (Å²) in [5.41, 5.74) is 1.36. The second kappa shape index (κ2) is 5.48. The van der Waals surface area contributed by atoms with Crippen LogP contribution in [0.25, 0.3) is 10.9 Å². The van der Waals surface area contributed by atoms with Crippen molar-refractivity contribution >= 4 is 10.9 Å². The van der Waals surface area contributed by atoms with Crippen molar-refractivity contribution in [3.8, 4) is 11.9 Å². The first-order chi connectivity index (χ1) is 9.78. The van der Waals surface area contributed by atoms with Gasteiger partial charge in [0.1, 0.15) is 17.7 Å². The summed E-state index contributed by atoms with van der Waals surface area (Å²) >= 11 is 0. The number of rotatable bonds is 2. The van der Waals surface area contributed by atoms with Crippen LogP contribution in [0.2, 0.25) is 0 Å². The smallest absolute Gasteiger partial charge is 0.232 e. The fourth-order valence-electron chi connectivity index (χ4n) is 2.53. The van der Waals surface area contributed by atoms with Crippen molar-refractivity contribution in [2.45, 2.75) is 19.4 Å². The van der Waals surface area contributed by atoms with Crippen molar-refractivity contribution in [3.63, 3.8) is 0 Å². The van der Waals surface area contributed by atoms with Crippen LogP contribution in [0.15, 0.2) is 30.3 Å². The molecule has 20 heavy (non-hydrogen) atoms. The van der Waals surface area contributed by atoms with E-state index in [0.29, 0.717) is 17.4 Å². The Morgan fingerprint density at radius 2 is 2.25 bits per heavy atom. The highest BCUT2D eigenvalue weighted by Crippen LogP contribution is 2.25. The van der Waals surface area contributed by atoms with E-state index in [0.717, 1.165) is 30.4 Å². The van der Waals surface area contributed by atoms with Gasteiger partial charge in [0, 0.05) is 11.9 Å². The van der Waals surface area contributed by atoms with Gasteiger partial charge < -0.3 is 10.1 Å². The van der Waals surface area contributed by atoms with E-state index in [1.165, 1.54) is 0 Å². The number of aromatic nitrogens is 1. The molecule has 102 valence electrons. The first kappa shape index (κ1) is 12.9. The van der Waals surface area contributed by atoms with E-state index in [2.05, 4.69) is 23.3 Å². The lowest BCUT2D eigenvalue weighted by molar-refractivity contribution is 0.110. The molecule has 1 aromatic heterocycles. The second-order valence-electron chi connectivity index (χ2n) is 5.27. The molecule has 1 aliphatic heterocycles. The Kier molecular flexibility index (Phi) is 3.53. The van der Waals surface area contributed by atoms with Crippen LogP contribution < -0.4 is 10.1 Å².